The molecule has 1 aliphatic rings. The highest BCUT2D eigenvalue weighted by Crippen LogP contribution is 2.36. The zero-order valence-corrected chi connectivity index (χ0v) is 18.4. The summed E-state index contributed by atoms with van der Waals surface area (Å²) < 4.78 is 12.6. The minimum Gasteiger partial charge on any atom is -0.465 e. The predicted molar refractivity (Wildman–Crippen MR) is 125 cm³/mol. The van der Waals surface area contributed by atoms with E-state index in [4.69, 9.17) is 9.26 Å². The Hall–Kier alpha value is -4.00. The van der Waals surface area contributed by atoms with Gasteiger partial charge in [-0.1, -0.05) is 53.7 Å². The van der Waals surface area contributed by atoms with Gasteiger partial charge < -0.3 is 9.26 Å². The van der Waals surface area contributed by atoms with E-state index in [1.807, 2.05) is 54.6 Å². The van der Waals surface area contributed by atoms with Crippen molar-refractivity contribution in [2.75, 3.05) is 13.2 Å². The molecule has 0 fully saturated rings. The van der Waals surface area contributed by atoms with Crippen LogP contribution in [0.25, 0.3) is 22.2 Å². The molecule has 1 aliphatic heterocycles. The maximum Gasteiger partial charge on any atom is 0.320 e. The van der Waals surface area contributed by atoms with Crippen molar-refractivity contribution in [2.24, 2.45) is 4.99 Å². The largest absolute Gasteiger partial charge is 0.465 e. The van der Waals surface area contributed by atoms with Crippen LogP contribution in [0.5, 0.6) is 0 Å². The first kappa shape index (κ1) is 20.9. The number of rotatable bonds is 4. The summed E-state index contributed by atoms with van der Waals surface area (Å²) >= 11 is 0. The zero-order chi connectivity index (χ0) is 22.9. The number of esters is 1. The first-order valence-corrected chi connectivity index (χ1v) is 11.0. The lowest BCUT2D eigenvalue weighted by Crippen LogP contribution is -2.24. The van der Waals surface area contributed by atoms with Gasteiger partial charge in [-0.2, -0.15) is 0 Å². The van der Waals surface area contributed by atoms with E-state index in [0.29, 0.717) is 35.7 Å². The van der Waals surface area contributed by atoms with Crippen molar-refractivity contribution in [3.63, 3.8) is 0 Å². The van der Waals surface area contributed by atoms with E-state index in [-0.39, 0.29) is 12.5 Å². The second kappa shape index (κ2) is 8.50. The highest BCUT2D eigenvalue weighted by atomic mass is 16.5. The van der Waals surface area contributed by atoms with Gasteiger partial charge in [-0.05, 0) is 31.9 Å². The quantitative estimate of drug-likeness (QED) is 0.433. The number of nitrogens with zero attached hydrogens (tertiary/aromatic N) is 3. The molecule has 4 aromatic rings. The van der Waals surface area contributed by atoms with Crippen LogP contribution in [0.3, 0.4) is 0 Å². The molecule has 0 bridgehead atoms. The fourth-order valence-electron chi connectivity index (χ4n) is 4.49. The summed E-state index contributed by atoms with van der Waals surface area (Å²) in [5, 5.41) is 5.02. The Bertz CT molecular complexity index is 1380. The van der Waals surface area contributed by atoms with Gasteiger partial charge in [-0.15, -0.1) is 0 Å². The number of carbonyl (C=O) groups excluding carboxylic acids is 2. The summed E-state index contributed by atoms with van der Waals surface area (Å²) in [4.78, 5) is 31.5. The van der Waals surface area contributed by atoms with Crippen LogP contribution in [0.1, 0.15) is 40.2 Å². The molecule has 3 heterocycles. The normalized spacial score (nSPS) is 15.3. The van der Waals surface area contributed by atoms with E-state index in [2.05, 4.69) is 10.1 Å². The molecule has 33 heavy (non-hydrogen) atoms. The molecule has 2 aromatic carbocycles. The van der Waals surface area contributed by atoms with Crippen LogP contribution in [0.4, 0.5) is 0 Å². The van der Waals surface area contributed by atoms with Crippen LogP contribution in [0.2, 0.25) is 0 Å². The number of fused-ring (bicyclic) bond motifs is 3. The van der Waals surface area contributed by atoms with Crippen molar-refractivity contribution in [3.05, 3.63) is 77.1 Å². The summed E-state index contributed by atoms with van der Waals surface area (Å²) in [5.74, 6) is -1.10. The first-order chi connectivity index (χ1) is 16.1. The van der Waals surface area contributed by atoms with Crippen LogP contribution in [0, 0.1) is 6.92 Å². The Labute approximate surface area is 190 Å². The van der Waals surface area contributed by atoms with Crippen LogP contribution in [0.15, 0.2) is 64.1 Å². The molecule has 7 nitrogen and oxygen atoms in total. The molecule has 0 saturated carbocycles. The average molecular weight is 441 g/mol. The Morgan fingerprint density at radius 3 is 2.67 bits per heavy atom. The van der Waals surface area contributed by atoms with Gasteiger partial charge in [0.1, 0.15) is 11.5 Å². The van der Waals surface area contributed by atoms with Gasteiger partial charge in [-0.3, -0.25) is 19.1 Å². The molecule has 0 saturated heterocycles. The maximum atomic E-state index is 14.2. The van der Waals surface area contributed by atoms with Crippen molar-refractivity contribution in [2.45, 2.75) is 26.2 Å². The fraction of sp³-hybridized carbons (Fsp3) is 0.231. The zero-order valence-electron chi connectivity index (χ0n) is 18.4. The molecular formula is C26H23N3O4. The number of benzene rings is 2. The highest BCUT2D eigenvalue weighted by molar-refractivity contribution is 6.10. The SMILES string of the molecule is CCOC(=O)C1C=NCCc2c1n(C(=O)c1c(C)noc1-c1ccccc1)c1ccccc21. The second-order valence-corrected chi connectivity index (χ2v) is 7.89. The van der Waals surface area contributed by atoms with Crippen molar-refractivity contribution in [3.8, 4) is 11.3 Å². The number of carbonyl (C=O) groups is 2. The third kappa shape index (κ3) is 3.46. The van der Waals surface area contributed by atoms with Crippen LogP contribution in [-0.2, 0) is 16.0 Å². The number of aryl methyl sites for hydroxylation is 1. The second-order valence-electron chi connectivity index (χ2n) is 7.89. The number of aromatic nitrogens is 2. The number of aliphatic imine (C=N–C) groups is 1. The lowest BCUT2D eigenvalue weighted by molar-refractivity contribution is -0.143. The van der Waals surface area contributed by atoms with Gasteiger partial charge >= 0.3 is 5.97 Å². The molecule has 1 atom stereocenters. The van der Waals surface area contributed by atoms with Crippen molar-refractivity contribution in [1.29, 1.82) is 0 Å². The first-order valence-electron chi connectivity index (χ1n) is 11.0. The van der Waals surface area contributed by atoms with E-state index in [1.54, 1.807) is 24.6 Å². The number of hydrogen-bond acceptors (Lipinski definition) is 6. The van der Waals surface area contributed by atoms with E-state index in [9.17, 15) is 9.59 Å². The molecule has 166 valence electrons. The lowest BCUT2D eigenvalue weighted by atomic mass is 9.99. The van der Waals surface area contributed by atoms with Gasteiger partial charge in [0.05, 0.1) is 17.8 Å². The van der Waals surface area contributed by atoms with Crippen LogP contribution >= 0.6 is 0 Å². The van der Waals surface area contributed by atoms with Gasteiger partial charge in [0.2, 0.25) is 0 Å². The molecule has 1 unspecified atom stereocenters. The summed E-state index contributed by atoms with van der Waals surface area (Å²) in [7, 11) is 0. The average Bonchev–Trinajstić information content (AvgIpc) is 3.29. The molecule has 0 spiro atoms. The molecule has 7 heteroatoms. The topological polar surface area (TPSA) is 86.7 Å². The van der Waals surface area contributed by atoms with Gasteiger partial charge in [0.25, 0.3) is 5.91 Å². The van der Waals surface area contributed by atoms with Crippen LogP contribution < -0.4 is 0 Å². The van der Waals surface area contributed by atoms with Crippen molar-refractivity contribution < 1.29 is 18.8 Å². The van der Waals surface area contributed by atoms with E-state index >= 15 is 0 Å². The van der Waals surface area contributed by atoms with Crippen LogP contribution in [-0.4, -0.2) is 41.0 Å². The smallest absolute Gasteiger partial charge is 0.320 e. The molecule has 0 N–H and O–H groups in total. The summed E-state index contributed by atoms with van der Waals surface area (Å²) in [6.07, 6.45) is 2.22. The van der Waals surface area contributed by atoms with Crippen molar-refractivity contribution >= 4 is 29.0 Å². The fourth-order valence-corrected chi connectivity index (χ4v) is 4.49. The van der Waals surface area contributed by atoms with E-state index in [1.165, 1.54) is 0 Å². The third-order valence-corrected chi connectivity index (χ3v) is 5.92. The highest BCUT2D eigenvalue weighted by Gasteiger charge is 2.34. The maximum absolute atomic E-state index is 14.2. The van der Waals surface area contributed by atoms with E-state index < -0.39 is 11.9 Å². The van der Waals surface area contributed by atoms with Crippen molar-refractivity contribution in [1.82, 2.24) is 9.72 Å². The molecule has 5 rings (SSSR count). The standard InChI is InChI=1S/C26H23N3O4/c1-3-32-26(31)20-15-27-14-13-19-18-11-7-8-12-21(18)29(23(19)20)25(30)22-16(2)28-33-24(22)17-9-5-4-6-10-17/h4-12,15,20H,3,13-14H2,1-2H3. The third-order valence-electron chi connectivity index (χ3n) is 5.92. The van der Waals surface area contributed by atoms with E-state index in [0.717, 1.165) is 22.0 Å². The number of ether oxygens (including phenoxy) is 1. The minimum atomic E-state index is -0.779. The molecule has 0 radical (unpaired) electrons. The summed E-state index contributed by atoms with van der Waals surface area (Å²) in [6.45, 7) is 4.29. The Balaban J connectivity index is 1.77. The molecular weight excluding hydrogens is 418 g/mol. The minimum absolute atomic E-state index is 0.246. The molecule has 0 aliphatic carbocycles. The summed E-state index contributed by atoms with van der Waals surface area (Å²) in [6, 6.07) is 17.1. The monoisotopic (exact) mass is 441 g/mol. The molecule has 0 amide bonds. The van der Waals surface area contributed by atoms with Gasteiger partial charge in [0, 0.05) is 29.4 Å². The predicted octanol–water partition coefficient (Wildman–Crippen LogP) is 4.57. The lowest BCUT2D eigenvalue weighted by Gasteiger charge is -2.16. The Kier molecular flexibility index (Phi) is 5.38. The number of hydrogen-bond donors (Lipinski definition) is 0. The Morgan fingerprint density at radius 2 is 1.88 bits per heavy atom. The Morgan fingerprint density at radius 1 is 1.12 bits per heavy atom. The summed E-state index contributed by atoms with van der Waals surface area (Å²) in [5.41, 5.74) is 3.88. The van der Waals surface area contributed by atoms with Gasteiger partial charge in [-0.25, -0.2) is 0 Å². The van der Waals surface area contributed by atoms with Gasteiger partial charge in [0.15, 0.2) is 5.76 Å². The number of para-hydroxylation sites is 1. The molecule has 2 aromatic heterocycles.